The van der Waals surface area contributed by atoms with E-state index in [1.54, 1.807) is 0 Å². The molecule has 138 valence electrons. The highest BCUT2D eigenvalue weighted by molar-refractivity contribution is 8.00. The monoisotopic (exact) mass is 379 g/mol. The van der Waals surface area contributed by atoms with Crippen LogP contribution in [0.2, 0.25) is 0 Å². The third-order valence-corrected chi connectivity index (χ3v) is 5.36. The van der Waals surface area contributed by atoms with E-state index in [4.69, 9.17) is 0 Å². The lowest BCUT2D eigenvalue weighted by molar-refractivity contribution is -0.115. The summed E-state index contributed by atoms with van der Waals surface area (Å²) in [4.78, 5) is 32.0. The molecule has 2 N–H and O–H groups in total. The largest absolute Gasteiger partial charge is 0.325 e. The van der Waals surface area contributed by atoms with Gasteiger partial charge in [0, 0.05) is 17.3 Å². The lowest BCUT2D eigenvalue weighted by Crippen LogP contribution is -2.25. The van der Waals surface area contributed by atoms with Gasteiger partial charge >= 0.3 is 0 Å². The maximum atomic E-state index is 12.7. The van der Waals surface area contributed by atoms with Gasteiger partial charge in [0.15, 0.2) is 5.16 Å². The zero-order valence-corrected chi connectivity index (χ0v) is 16.0. The predicted octanol–water partition coefficient (Wildman–Crippen LogP) is 4.25. The minimum absolute atomic E-state index is 0.107. The SMILES string of the molecule is CCC(Sc1nc(-c2ccccc2)cc(=O)[nH]1)C(=O)Nc1ccccc1C. The Labute approximate surface area is 162 Å². The quantitative estimate of drug-likeness (QED) is 0.496. The van der Waals surface area contributed by atoms with E-state index in [2.05, 4.69) is 15.3 Å². The van der Waals surface area contributed by atoms with Crippen molar-refractivity contribution in [1.82, 2.24) is 9.97 Å². The van der Waals surface area contributed by atoms with E-state index in [-0.39, 0.29) is 16.7 Å². The maximum absolute atomic E-state index is 12.7. The lowest BCUT2D eigenvalue weighted by Gasteiger charge is -2.15. The van der Waals surface area contributed by atoms with Crippen LogP contribution < -0.4 is 10.9 Å². The number of thioether (sulfide) groups is 1. The minimum Gasteiger partial charge on any atom is -0.325 e. The van der Waals surface area contributed by atoms with Crippen LogP contribution in [0, 0.1) is 6.92 Å². The molecule has 1 heterocycles. The molecule has 0 saturated carbocycles. The number of amides is 1. The molecule has 0 fully saturated rings. The van der Waals surface area contributed by atoms with Crippen molar-refractivity contribution in [3.63, 3.8) is 0 Å². The summed E-state index contributed by atoms with van der Waals surface area (Å²) in [5.74, 6) is -0.107. The molecule has 3 aromatic rings. The van der Waals surface area contributed by atoms with Crippen LogP contribution in [0.4, 0.5) is 5.69 Å². The van der Waals surface area contributed by atoms with Gasteiger partial charge in [-0.05, 0) is 25.0 Å². The Morgan fingerprint density at radius 2 is 1.85 bits per heavy atom. The number of para-hydroxylation sites is 1. The Hall–Kier alpha value is -2.86. The predicted molar refractivity (Wildman–Crippen MR) is 110 cm³/mol. The second-order valence-electron chi connectivity index (χ2n) is 6.12. The van der Waals surface area contributed by atoms with Crippen LogP contribution in [0.25, 0.3) is 11.3 Å². The summed E-state index contributed by atoms with van der Waals surface area (Å²) in [6.45, 7) is 3.89. The number of nitrogens with zero attached hydrogens (tertiary/aromatic N) is 1. The summed E-state index contributed by atoms with van der Waals surface area (Å²) >= 11 is 1.27. The molecule has 0 aliphatic carbocycles. The number of carbonyl (C=O) groups excluding carboxylic acids is 1. The number of aromatic amines is 1. The van der Waals surface area contributed by atoms with Crippen LogP contribution >= 0.6 is 11.8 Å². The van der Waals surface area contributed by atoms with Gasteiger partial charge in [0.2, 0.25) is 5.91 Å². The Morgan fingerprint density at radius 1 is 1.15 bits per heavy atom. The minimum atomic E-state index is -0.362. The number of anilines is 1. The molecule has 6 heteroatoms. The van der Waals surface area contributed by atoms with Gasteiger partial charge in [0.05, 0.1) is 10.9 Å². The van der Waals surface area contributed by atoms with Crippen molar-refractivity contribution in [3.05, 3.63) is 76.6 Å². The fourth-order valence-corrected chi connectivity index (χ4v) is 3.54. The molecule has 1 atom stereocenters. The van der Waals surface area contributed by atoms with Crippen molar-refractivity contribution in [3.8, 4) is 11.3 Å². The number of aromatic nitrogens is 2. The molecule has 0 aliphatic heterocycles. The van der Waals surface area contributed by atoms with E-state index in [9.17, 15) is 9.59 Å². The highest BCUT2D eigenvalue weighted by atomic mass is 32.2. The van der Waals surface area contributed by atoms with Gasteiger partial charge < -0.3 is 10.3 Å². The molecule has 5 nitrogen and oxygen atoms in total. The molecule has 3 rings (SSSR count). The van der Waals surface area contributed by atoms with Crippen LogP contribution in [0.5, 0.6) is 0 Å². The average Bonchev–Trinajstić information content (AvgIpc) is 2.68. The van der Waals surface area contributed by atoms with E-state index >= 15 is 0 Å². The van der Waals surface area contributed by atoms with Crippen LogP contribution in [0.15, 0.2) is 70.6 Å². The molecule has 0 saturated heterocycles. The van der Waals surface area contributed by atoms with Crippen LogP contribution in [-0.2, 0) is 4.79 Å². The molecule has 1 amide bonds. The summed E-state index contributed by atoms with van der Waals surface area (Å²) in [6.07, 6.45) is 0.613. The Morgan fingerprint density at radius 3 is 2.56 bits per heavy atom. The Kier molecular flexibility index (Phi) is 6.08. The first-order chi connectivity index (χ1) is 13.1. The molecule has 0 aliphatic rings. The molecule has 0 bridgehead atoms. The molecule has 1 aromatic heterocycles. The van der Waals surface area contributed by atoms with Crippen molar-refractivity contribution in [2.24, 2.45) is 0 Å². The van der Waals surface area contributed by atoms with E-state index in [1.165, 1.54) is 17.8 Å². The van der Waals surface area contributed by atoms with Crippen molar-refractivity contribution >= 4 is 23.4 Å². The number of benzene rings is 2. The number of H-pyrrole nitrogens is 1. The standard InChI is InChI=1S/C21H21N3O2S/c1-3-18(20(26)22-16-12-8-7-9-14(16)2)27-21-23-17(13-19(25)24-21)15-10-5-4-6-11-15/h4-13,18H,3H2,1-2H3,(H,22,26)(H,23,24,25). The fourth-order valence-electron chi connectivity index (χ4n) is 2.63. The zero-order valence-electron chi connectivity index (χ0n) is 15.2. The number of carbonyl (C=O) groups is 1. The topological polar surface area (TPSA) is 74.8 Å². The zero-order chi connectivity index (χ0) is 19.2. The third-order valence-electron chi connectivity index (χ3n) is 4.11. The van der Waals surface area contributed by atoms with Gasteiger partial charge in [-0.15, -0.1) is 0 Å². The summed E-state index contributed by atoms with van der Waals surface area (Å²) in [6, 6.07) is 18.6. The maximum Gasteiger partial charge on any atom is 0.252 e. The van der Waals surface area contributed by atoms with E-state index in [0.29, 0.717) is 17.3 Å². The molecule has 0 spiro atoms. The highest BCUT2D eigenvalue weighted by Gasteiger charge is 2.20. The molecular weight excluding hydrogens is 358 g/mol. The summed E-state index contributed by atoms with van der Waals surface area (Å²) in [5.41, 5.74) is 3.02. The second kappa shape index (κ2) is 8.68. The van der Waals surface area contributed by atoms with Gasteiger partial charge in [0.1, 0.15) is 0 Å². The fraction of sp³-hybridized carbons (Fsp3) is 0.190. The van der Waals surface area contributed by atoms with Gasteiger partial charge in [-0.25, -0.2) is 4.98 Å². The number of aryl methyl sites for hydroxylation is 1. The van der Waals surface area contributed by atoms with E-state index in [1.807, 2.05) is 68.4 Å². The van der Waals surface area contributed by atoms with E-state index in [0.717, 1.165) is 16.8 Å². The van der Waals surface area contributed by atoms with Crippen molar-refractivity contribution in [2.75, 3.05) is 5.32 Å². The molecule has 0 radical (unpaired) electrons. The summed E-state index contributed by atoms with van der Waals surface area (Å²) in [5, 5.41) is 3.04. The molecule has 27 heavy (non-hydrogen) atoms. The van der Waals surface area contributed by atoms with Crippen LogP contribution in [0.3, 0.4) is 0 Å². The molecule has 1 unspecified atom stereocenters. The highest BCUT2D eigenvalue weighted by Crippen LogP contribution is 2.25. The van der Waals surface area contributed by atoms with Crippen molar-refractivity contribution in [2.45, 2.75) is 30.7 Å². The number of nitrogens with one attached hydrogen (secondary N) is 2. The van der Waals surface area contributed by atoms with Crippen LogP contribution in [0.1, 0.15) is 18.9 Å². The molecule has 2 aromatic carbocycles. The van der Waals surface area contributed by atoms with Gasteiger partial charge in [-0.2, -0.15) is 0 Å². The van der Waals surface area contributed by atoms with Crippen molar-refractivity contribution < 1.29 is 4.79 Å². The summed E-state index contributed by atoms with van der Waals surface area (Å²) < 4.78 is 0. The summed E-state index contributed by atoms with van der Waals surface area (Å²) in [7, 11) is 0. The number of hydrogen-bond acceptors (Lipinski definition) is 4. The number of rotatable bonds is 6. The van der Waals surface area contributed by atoms with Crippen LogP contribution in [-0.4, -0.2) is 21.1 Å². The first-order valence-electron chi connectivity index (χ1n) is 8.76. The first kappa shape index (κ1) is 18.9. The third kappa shape index (κ3) is 4.86. The Balaban J connectivity index is 1.80. The van der Waals surface area contributed by atoms with Gasteiger partial charge in [-0.1, -0.05) is 67.2 Å². The lowest BCUT2D eigenvalue weighted by atomic mass is 10.1. The second-order valence-corrected chi connectivity index (χ2v) is 7.31. The number of hydrogen-bond donors (Lipinski definition) is 2. The van der Waals surface area contributed by atoms with E-state index < -0.39 is 0 Å². The smallest absolute Gasteiger partial charge is 0.252 e. The molecular formula is C21H21N3O2S. The van der Waals surface area contributed by atoms with Gasteiger partial charge in [0.25, 0.3) is 5.56 Å². The van der Waals surface area contributed by atoms with Gasteiger partial charge in [-0.3, -0.25) is 9.59 Å². The first-order valence-corrected chi connectivity index (χ1v) is 9.64. The van der Waals surface area contributed by atoms with Crippen molar-refractivity contribution in [1.29, 1.82) is 0 Å². The average molecular weight is 379 g/mol. The normalized spacial score (nSPS) is 11.8. The Bertz CT molecular complexity index is 986.